The Labute approximate surface area is 124 Å². The van der Waals surface area contributed by atoms with Crippen molar-refractivity contribution in [3.63, 3.8) is 0 Å². The number of oxime groups is 1. The number of hydrogen-bond acceptors (Lipinski definition) is 3. The molecule has 0 aliphatic heterocycles. The van der Waals surface area contributed by atoms with Crippen molar-refractivity contribution in [1.29, 1.82) is 0 Å². The summed E-state index contributed by atoms with van der Waals surface area (Å²) in [7, 11) is 0. The van der Waals surface area contributed by atoms with Gasteiger partial charge in [0.1, 0.15) is 11.5 Å². The summed E-state index contributed by atoms with van der Waals surface area (Å²) in [5.41, 5.74) is 7.48. The molecule has 2 rings (SSSR count). The lowest BCUT2D eigenvalue weighted by atomic mass is 9.99. The zero-order valence-corrected chi connectivity index (χ0v) is 12.3. The molecule has 1 unspecified atom stereocenters. The van der Waals surface area contributed by atoms with Crippen LogP contribution in [0.4, 0.5) is 0 Å². The van der Waals surface area contributed by atoms with Gasteiger partial charge in [0.2, 0.25) is 0 Å². The molecule has 0 amide bonds. The van der Waals surface area contributed by atoms with Crippen LogP contribution >= 0.6 is 0 Å². The fraction of sp³-hybridized carbons (Fsp3) is 0.235. The van der Waals surface area contributed by atoms with Crippen LogP contribution in [0.25, 0.3) is 0 Å². The monoisotopic (exact) mass is 284 g/mol. The standard InChI is InChI=1S/C17H20N2O2/c1-3-12(2)13-4-8-15(9-5-13)21-16-10-6-14(7-11-16)17(18)19-20/h4-12,20H,3H2,1-2H3,(H2,18,19). The second-order valence-corrected chi connectivity index (χ2v) is 4.99. The Kier molecular flexibility index (Phi) is 4.82. The highest BCUT2D eigenvalue weighted by Gasteiger charge is 2.04. The Morgan fingerprint density at radius 2 is 1.62 bits per heavy atom. The van der Waals surface area contributed by atoms with Crippen molar-refractivity contribution in [2.24, 2.45) is 10.9 Å². The van der Waals surface area contributed by atoms with Gasteiger partial charge in [-0.15, -0.1) is 0 Å². The predicted molar refractivity (Wildman–Crippen MR) is 84.2 cm³/mol. The maximum Gasteiger partial charge on any atom is 0.170 e. The first-order valence-electron chi connectivity index (χ1n) is 6.99. The second-order valence-electron chi connectivity index (χ2n) is 4.99. The summed E-state index contributed by atoms with van der Waals surface area (Å²) in [4.78, 5) is 0. The predicted octanol–water partition coefficient (Wildman–Crippen LogP) is 4.09. The van der Waals surface area contributed by atoms with Crippen LogP contribution in [0.15, 0.2) is 53.7 Å². The zero-order chi connectivity index (χ0) is 15.2. The normalized spacial score (nSPS) is 13.0. The molecule has 0 fully saturated rings. The van der Waals surface area contributed by atoms with Crippen LogP contribution in [0.1, 0.15) is 37.3 Å². The molecule has 0 saturated carbocycles. The minimum absolute atomic E-state index is 0.0828. The summed E-state index contributed by atoms with van der Waals surface area (Å²) in [5, 5.41) is 11.6. The molecule has 4 heteroatoms. The van der Waals surface area contributed by atoms with Gasteiger partial charge in [-0.3, -0.25) is 0 Å². The highest BCUT2D eigenvalue weighted by atomic mass is 16.5. The van der Waals surface area contributed by atoms with E-state index in [1.807, 2.05) is 12.1 Å². The van der Waals surface area contributed by atoms with Crippen molar-refractivity contribution in [3.05, 3.63) is 59.7 Å². The van der Waals surface area contributed by atoms with E-state index in [1.165, 1.54) is 5.56 Å². The van der Waals surface area contributed by atoms with E-state index in [2.05, 4.69) is 31.1 Å². The summed E-state index contributed by atoms with van der Waals surface area (Å²) >= 11 is 0. The summed E-state index contributed by atoms with van der Waals surface area (Å²) in [6, 6.07) is 15.2. The van der Waals surface area contributed by atoms with E-state index in [1.54, 1.807) is 24.3 Å². The Hall–Kier alpha value is -2.49. The van der Waals surface area contributed by atoms with Crippen LogP contribution in [0.3, 0.4) is 0 Å². The van der Waals surface area contributed by atoms with E-state index in [0.29, 0.717) is 17.2 Å². The lowest BCUT2D eigenvalue weighted by Gasteiger charge is -2.10. The Balaban J connectivity index is 2.08. The first-order chi connectivity index (χ1) is 10.1. The lowest BCUT2D eigenvalue weighted by molar-refractivity contribution is 0.318. The Bertz CT molecular complexity index is 604. The van der Waals surface area contributed by atoms with Gasteiger partial charge in [-0.1, -0.05) is 31.1 Å². The molecule has 1 atom stereocenters. The van der Waals surface area contributed by atoms with E-state index in [-0.39, 0.29) is 5.84 Å². The van der Waals surface area contributed by atoms with Crippen LogP contribution in [-0.4, -0.2) is 11.0 Å². The van der Waals surface area contributed by atoms with Crippen molar-refractivity contribution in [2.45, 2.75) is 26.2 Å². The van der Waals surface area contributed by atoms with Crippen molar-refractivity contribution >= 4 is 5.84 Å². The molecule has 0 heterocycles. The SMILES string of the molecule is CCC(C)c1ccc(Oc2ccc(/C(N)=N/O)cc2)cc1. The van der Waals surface area contributed by atoms with Gasteiger partial charge in [-0.05, 0) is 54.3 Å². The van der Waals surface area contributed by atoms with Gasteiger partial charge in [0.05, 0.1) is 0 Å². The minimum Gasteiger partial charge on any atom is -0.457 e. The van der Waals surface area contributed by atoms with Gasteiger partial charge in [-0.25, -0.2) is 0 Å². The van der Waals surface area contributed by atoms with Gasteiger partial charge < -0.3 is 15.7 Å². The number of benzene rings is 2. The second kappa shape index (κ2) is 6.79. The van der Waals surface area contributed by atoms with Crippen LogP contribution < -0.4 is 10.5 Å². The fourth-order valence-corrected chi connectivity index (χ4v) is 1.99. The molecule has 3 N–H and O–H groups in total. The lowest BCUT2D eigenvalue weighted by Crippen LogP contribution is -2.12. The van der Waals surface area contributed by atoms with Gasteiger partial charge in [0, 0.05) is 5.56 Å². The van der Waals surface area contributed by atoms with Gasteiger partial charge in [0.25, 0.3) is 0 Å². The van der Waals surface area contributed by atoms with E-state index >= 15 is 0 Å². The molecule has 2 aromatic rings. The molecule has 0 aliphatic rings. The summed E-state index contributed by atoms with van der Waals surface area (Å²) in [5.74, 6) is 2.14. The number of nitrogens with two attached hydrogens (primary N) is 1. The Morgan fingerprint density at radius 1 is 1.10 bits per heavy atom. The molecule has 0 spiro atoms. The molecular formula is C17H20N2O2. The third-order valence-corrected chi connectivity index (χ3v) is 3.56. The van der Waals surface area contributed by atoms with Crippen LogP contribution in [-0.2, 0) is 0 Å². The number of rotatable bonds is 5. The third-order valence-electron chi connectivity index (χ3n) is 3.56. The van der Waals surface area contributed by atoms with Crippen LogP contribution in [0, 0.1) is 0 Å². The first kappa shape index (κ1) is 14.9. The third kappa shape index (κ3) is 3.75. The number of nitrogens with zero attached hydrogens (tertiary/aromatic N) is 1. The molecular weight excluding hydrogens is 264 g/mol. The molecule has 21 heavy (non-hydrogen) atoms. The average Bonchev–Trinajstić information content (AvgIpc) is 2.55. The number of amidine groups is 1. The molecule has 4 nitrogen and oxygen atoms in total. The van der Waals surface area contributed by atoms with Gasteiger partial charge in [-0.2, -0.15) is 0 Å². The summed E-state index contributed by atoms with van der Waals surface area (Å²) in [6.07, 6.45) is 1.12. The maximum absolute atomic E-state index is 8.62. The van der Waals surface area contributed by atoms with Crippen LogP contribution in [0.5, 0.6) is 11.5 Å². The van der Waals surface area contributed by atoms with Crippen molar-refractivity contribution in [2.75, 3.05) is 0 Å². The Morgan fingerprint density at radius 3 is 2.10 bits per heavy atom. The molecule has 0 radical (unpaired) electrons. The highest BCUT2D eigenvalue weighted by Crippen LogP contribution is 2.25. The summed E-state index contributed by atoms with van der Waals surface area (Å²) in [6.45, 7) is 4.39. The topological polar surface area (TPSA) is 67.8 Å². The van der Waals surface area contributed by atoms with Crippen molar-refractivity contribution < 1.29 is 9.94 Å². The number of hydrogen-bond donors (Lipinski definition) is 2. The highest BCUT2D eigenvalue weighted by molar-refractivity contribution is 5.97. The summed E-state index contributed by atoms with van der Waals surface area (Å²) < 4.78 is 5.77. The molecule has 110 valence electrons. The quantitative estimate of drug-likeness (QED) is 0.376. The number of ether oxygens (including phenoxy) is 1. The molecule has 0 bridgehead atoms. The molecule has 0 aromatic heterocycles. The smallest absolute Gasteiger partial charge is 0.170 e. The first-order valence-corrected chi connectivity index (χ1v) is 6.99. The van der Waals surface area contributed by atoms with Crippen molar-refractivity contribution in [1.82, 2.24) is 0 Å². The largest absolute Gasteiger partial charge is 0.457 e. The van der Waals surface area contributed by atoms with E-state index in [0.717, 1.165) is 12.2 Å². The minimum atomic E-state index is 0.0828. The van der Waals surface area contributed by atoms with Crippen molar-refractivity contribution in [3.8, 4) is 11.5 Å². The average molecular weight is 284 g/mol. The van der Waals surface area contributed by atoms with E-state index < -0.39 is 0 Å². The van der Waals surface area contributed by atoms with Crippen LogP contribution in [0.2, 0.25) is 0 Å². The van der Waals surface area contributed by atoms with E-state index in [9.17, 15) is 0 Å². The molecule has 0 saturated heterocycles. The maximum atomic E-state index is 8.62. The molecule has 2 aromatic carbocycles. The molecule has 0 aliphatic carbocycles. The van der Waals surface area contributed by atoms with E-state index in [4.69, 9.17) is 15.7 Å². The van der Waals surface area contributed by atoms with Gasteiger partial charge in [0.15, 0.2) is 5.84 Å². The van der Waals surface area contributed by atoms with Gasteiger partial charge >= 0.3 is 0 Å². The fourth-order valence-electron chi connectivity index (χ4n) is 1.99. The zero-order valence-electron chi connectivity index (χ0n) is 12.3.